The zero-order valence-electron chi connectivity index (χ0n) is 6.52. The van der Waals surface area contributed by atoms with Crippen molar-refractivity contribution < 1.29 is 42.5 Å². The van der Waals surface area contributed by atoms with Crippen molar-refractivity contribution in [3.8, 4) is 0 Å². The summed E-state index contributed by atoms with van der Waals surface area (Å²) in [6, 6.07) is 5.26. The van der Waals surface area contributed by atoms with E-state index in [0.717, 1.165) is 6.07 Å². The molecule has 0 aromatic heterocycles. The van der Waals surface area contributed by atoms with Gasteiger partial charge in [0.15, 0.2) is 0 Å². The van der Waals surface area contributed by atoms with Gasteiger partial charge >= 0.3 is 29.6 Å². The Balaban J connectivity index is 0.00000121. The maximum absolute atomic E-state index is 10.4. The van der Waals surface area contributed by atoms with Gasteiger partial charge in [-0.1, -0.05) is 6.07 Å². The standard InChI is InChI=1S/C6H7NO3S.Na/c7-5-2-1-3-6(4-5)11(8,9)10;/h1-4H,7H2,(H,8,9,10);/q;+1/p-1. The van der Waals surface area contributed by atoms with Crippen molar-refractivity contribution in [2.45, 2.75) is 4.90 Å². The van der Waals surface area contributed by atoms with Gasteiger partial charge in [0.2, 0.25) is 0 Å². The third kappa shape index (κ3) is 3.12. The molecule has 0 fully saturated rings. The number of anilines is 1. The first-order valence-electron chi connectivity index (χ1n) is 2.81. The molecule has 1 rings (SSSR count). The van der Waals surface area contributed by atoms with Gasteiger partial charge in [-0.3, -0.25) is 0 Å². The van der Waals surface area contributed by atoms with E-state index in [-0.39, 0.29) is 40.1 Å². The van der Waals surface area contributed by atoms with Crippen molar-refractivity contribution in [1.82, 2.24) is 0 Å². The van der Waals surface area contributed by atoms with E-state index in [4.69, 9.17) is 5.73 Å². The predicted molar refractivity (Wildman–Crippen MR) is 38.8 cm³/mol. The van der Waals surface area contributed by atoms with Crippen LogP contribution in [0, 0.1) is 0 Å². The van der Waals surface area contributed by atoms with Crippen LogP contribution in [0.3, 0.4) is 0 Å². The van der Waals surface area contributed by atoms with Crippen molar-refractivity contribution in [2.75, 3.05) is 5.73 Å². The molecule has 2 N–H and O–H groups in total. The van der Waals surface area contributed by atoms with Crippen LogP contribution in [0.5, 0.6) is 0 Å². The molecule has 0 unspecified atom stereocenters. The van der Waals surface area contributed by atoms with Crippen molar-refractivity contribution in [3.63, 3.8) is 0 Å². The van der Waals surface area contributed by atoms with E-state index in [1.807, 2.05) is 0 Å². The van der Waals surface area contributed by atoms with Crippen molar-refractivity contribution >= 4 is 15.8 Å². The number of nitrogen functional groups attached to an aromatic ring is 1. The summed E-state index contributed by atoms with van der Waals surface area (Å²) >= 11 is 0. The topological polar surface area (TPSA) is 83.2 Å². The Labute approximate surface area is 92.8 Å². The maximum Gasteiger partial charge on any atom is 1.00 e. The Kier molecular flexibility index (Phi) is 4.22. The SMILES string of the molecule is Nc1cccc(S(=O)(=O)[O-])c1.[Na+]. The quantitative estimate of drug-likeness (QED) is 0.297. The summed E-state index contributed by atoms with van der Waals surface area (Å²) in [5.74, 6) is 0. The predicted octanol–water partition coefficient (Wildman–Crippen LogP) is -2.82. The van der Waals surface area contributed by atoms with E-state index in [1.165, 1.54) is 18.2 Å². The van der Waals surface area contributed by atoms with Gasteiger partial charge in [-0.05, 0) is 18.2 Å². The Hall–Kier alpha value is -0.0700. The summed E-state index contributed by atoms with van der Waals surface area (Å²) < 4.78 is 31.1. The Morgan fingerprint density at radius 3 is 2.25 bits per heavy atom. The molecule has 0 spiro atoms. The molecule has 1 aromatic rings. The molecule has 0 atom stereocenters. The Morgan fingerprint density at radius 2 is 1.92 bits per heavy atom. The van der Waals surface area contributed by atoms with Gasteiger partial charge in [0.25, 0.3) is 0 Å². The van der Waals surface area contributed by atoms with Gasteiger partial charge in [0.1, 0.15) is 10.1 Å². The minimum atomic E-state index is -4.36. The average Bonchev–Trinajstić information content (AvgIpc) is 1.86. The molecule has 0 amide bonds. The van der Waals surface area contributed by atoms with E-state index in [9.17, 15) is 13.0 Å². The van der Waals surface area contributed by atoms with Crippen LogP contribution in [-0.2, 0) is 10.1 Å². The summed E-state index contributed by atoms with van der Waals surface area (Å²) in [6.45, 7) is 0. The average molecular weight is 195 g/mol. The largest absolute Gasteiger partial charge is 1.00 e. The van der Waals surface area contributed by atoms with Crippen molar-refractivity contribution in [1.29, 1.82) is 0 Å². The van der Waals surface area contributed by atoms with Gasteiger partial charge < -0.3 is 10.3 Å². The van der Waals surface area contributed by atoms with E-state index in [2.05, 4.69) is 0 Å². The molecule has 0 heterocycles. The smallest absolute Gasteiger partial charge is 0.744 e. The first-order valence-corrected chi connectivity index (χ1v) is 4.22. The molecule has 12 heavy (non-hydrogen) atoms. The summed E-state index contributed by atoms with van der Waals surface area (Å²) in [6.07, 6.45) is 0. The number of nitrogens with two attached hydrogens (primary N) is 1. The molecule has 60 valence electrons. The number of hydrogen-bond acceptors (Lipinski definition) is 4. The number of rotatable bonds is 1. The van der Waals surface area contributed by atoms with Gasteiger partial charge in [-0.15, -0.1) is 0 Å². The number of hydrogen-bond donors (Lipinski definition) is 1. The molecular formula is C6H6NNaO3S. The minimum Gasteiger partial charge on any atom is -0.744 e. The summed E-state index contributed by atoms with van der Waals surface area (Å²) in [5, 5.41) is 0. The summed E-state index contributed by atoms with van der Waals surface area (Å²) in [5.41, 5.74) is 5.52. The Bertz CT molecular complexity index is 363. The van der Waals surface area contributed by atoms with E-state index < -0.39 is 10.1 Å². The molecule has 0 saturated heterocycles. The van der Waals surface area contributed by atoms with Gasteiger partial charge in [-0.2, -0.15) is 0 Å². The molecule has 0 aliphatic carbocycles. The van der Waals surface area contributed by atoms with Gasteiger partial charge in [0, 0.05) is 5.69 Å². The molecule has 0 aliphatic rings. The van der Waals surface area contributed by atoms with Crippen LogP contribution in [0.4, 0.5) is 5.69 Å². The monoisotopic (exact) mass is 195 g/mol. The van der Waals surface area contributed by atoms with Crippen LogP contribution in [0.1, 0.15) is 0 Å². The van der Waals surface area contributed by atoms with Crippen molar-refractivity contribution in [3.05, 3.63) is 24.3 Å². The fourth-order valence-corrected chi connectivity index (χ4v) is 1.20. The van der Waals surface area contributed by atoms with E-state index >= 15 is 0 Å². The zero-order valence-corrected chi connectivity index (χ0v) is 9.34. The molecule has 0 radical (unpaired) electrons. The second-order valence-corrected chi connectivity index (χ2v) is 3.41. The molecule has 6 heteroatoms. The maximum atomic E-state index is 10.4. The fourth-order valence-electron chi connectivity index (χ4n) is 0.670. The normalized spacial score (nSPS) is 10.4. The molecule has 0 aliphatic heterocycles. The van der Waals surface area contributed by atoms with Crippen LogP contribution in [-0.4, -0.2) is 13.0 Å². The first-order chi connectivity index (χ1) is 5.00. The second-order valence-electron chi connectivity index (χ2n) is 2.03. The summed E-state index contributed by atoms with van der Waals surface area (Å²) in [7, 11) is -4.36. The van der Waals surface area contributed by atoms with Crippen molar-refractivity contribution in [2.24, 2.45) is 0 Å². The number of benzene rings is 1. The fraction of sp³-hybridized carbons (Fsp3) is 0. The van der Waals surface area contributed by atoms with Gasteiger partial charge in [-0.25, -0.2) is 8.42 Å². The van der Waals surface area contributed by atoms with Crippen LogP contribution in [0.25, 0.3) is 0 Å². The first kappa shape index (κ1) is 11.9. The third-order valence-corrected chi connectivity index (χ3v) is 1.98. The second kappa shape index (κ2) is 4.25. The Morgan fingerprint density at radius 1 is 1.33 bits per heavy atom. The molecule has 1 aromatic carbocycles. The van der Waals surface area contributed by atoms with E-state index in [1.54, 1.807) is 0 Å². The minimum absolute atomic E-state index is 0. The molecule has 0 bridgehead atoms. The molecule has 4 nitrogen and oxygen atoms in total. The molecular weight excluding hydrogens is 189 g/mol. The third-order valence-electron chi connectivity index (χ3n) is 1.15. The molecule has 0 saturated carbocycles. The van der Waals surface area contributed by atoms with Crippen LogP contribution < -0.4 is 35.3 Å². The van der Waals surface area contributed by atoms with Gasteiger partial charge in [0.05, 0.1) is 4.90 Å². The van der Waals surface area contributed by atoms with E-state index in [0.29, 0.717) is 0 Å². The van der Waals surface area contributed by atoms with Crippen LogP contribution >= 0.6 is 0 Å². The van der Waals surface area contributed by atoms with Crippen LogP contribution in [0.15, 0.2) is 29.2 Å². The zero-order chi connectivity index (χ0) is 8.48. The summed E-state index contributed by atoms with van der Waals surface area (Å²) in [4.78, 5) is -0.294. The van der Waals surface area contributed by atoms with Crippen LogP contribution in [0.2, 0.25) is 0 Å².